The average molecular weight is 394 g/mol. The van der Waals surface area contributed by atoms with E-state index < -0.39 is 0 Å². The van der Waals surface area contributed by atoms with E-state index in [0.29, 0.717) is 21.8 Å². The van der Waals surface area contributed by atoms with Gasteiger partial charge in [0, 0.05) is 16.6 Å². The summed E-state index contributed by atoms with van der Waals surface area (Å²) >= 11 is 7.32. The highest BCUT2D eigenvalue weighted by Crippen LogP contribution is 2.33. The van der Waals surface area contributed by atoms with Crippen LogP contribution in [0.3, 0.4) is 0 Å². The number of nitrogens with two attached hydrogens (primary N) is 1. The largest absolute Gasteiger partial charge is 0.336 e. The molecular formula is C18H24ClN5OS. The van der Waals surface area contributed by atoms with Gasteiger partial charge in [-0.3, -0.25) is 4.79 Å². The highest BCUT2D eigenvalue weighted by molar-refractivity contribution is 8.00. The Balaban J connectivity index is 1.65. The molecule has 1 heterocycles. The minimum atomic E-state index is -0.362. The van der Waals surface area contributed by atoms with Crippen molar-refractivity contribution in [3.63, 3.8) is 0 Å². The van der Waals surface area contributed by atoms with Gasteiger partial charge in [-0.05, 0) is 44.4 Å². The van der Waals surface area contributed by atoms with E-state index in [1.807, 2.05) is 19.9 Å². The number of aryl methyl sites for hydroxylation is 1. The van der Waals surface area contributed by atoms with Gasteiger partial charge in [-0.1, -0.05) is 48.7 Å². The topological polar surface area (TPSA) is 85.8 Å². The first kappa shape index (κ1) is 19.0. The van der Waals surface area contributed by atoms with E-state index in [2.05, 4.69) is 15.5 Å². The number of carbonyl (C=O) groups is 1. The SMILES string of the molecule is Cc1ccc(Cl)cc1NC(=O)[C@H](C)Sc1nnc(C2CCCCC2)n1N. The van der Waals surface area contributed by atoms with Crippen molar-refractivity contribution < 1.29 is 4.79 Å². The number of aromatic nitrogens is 3. The molecule has 1 aromatic heterocycles. The van der Waals surface area contributed by atoms with Crippen LogP contribution in [0, 0.1) is 6.92 Å². The summed E-state index contributed by atoms with van der Waals surface area (Å²) < 4.78 is 1.55. The Morgan fingerprint density at radius 3 is 2.81 bits per heavy atom. The van der Waals surface area contributed by atoms with E-state index in [0.717, 1.165) is 24.2 Å². The van der Waals surface area contributed by atoms with Crippen LogP contribution in [0.5, 0.6) is 0 Å². The number of amides is 1. The lowest BCUT2D eigenvalue weighted by Gasteiger charge is -2.20. The maximum atomic E-state index is 12.5. The molecule has 6 nitrogen and oxygen atoms in total. The van der Waals surface area contributed by atoms with Crippen molar-refractivity contribution >= 4 is 35.0 Å². The minimum Gasteiger partial charge on any atom is -0.336 e. The molecule has 1 amide bonds. The number of anilines is 1. The number of thioether (sulfide) groups is 1. The summed E-state index contributed by atoms with van der Waals surface area (Å²) in [5.41, 5.74) is 1.67. The first-order chi connectivity index (χ1) is 12.5. The monoisotopic (exact) mass is 393 g/mol. The fourth-order valence-corrected chi connectivity index (χ4v) is 4.13. The molecule has 1 aromatic carbocycles. The molecular weight excluding hydrogens is 370 g/mol. The maximum Gasteiger partial charge on any atom is 0.237 e. The van der Waals surface area contributed by atoms with E-state index >= 15 is 0 Å². The molecule has 1 atom stereocenters. The Morgan fingerprint density at radius 2 is 2.08 bits per heavy atom. The van der Waals surface area contributed by atoms with Crippen LogP contribution in [0.2, 0.25) is 5.02 Å². The second-order valence-electron chi connectivity index (χ2n) is 6.75. The second kappa shape index (κ2) is 8.31. The number of benzene rings is 1. The molecule has 0 bridgehead atoms. The van der Waals surface area contributed by atoms with Gasteiger partial charge in [-0.25, -0.2) is 4.68 Å². The zero-order chi connectivity index (χ0) is 18.7. The van der Waals surface area contributed by atoms with Crippen molar-refractivity contribution in [3.8, 4) is 0 Å². The van der Waals surface area contributed by atoms with Crippen molar-refractivity contribution in [1.29, 1.82) is 0 Å². The Hall–Kier alpha value is -1.73. The lowest BCUT2D eigenvalue weighted by molar-refractivity contribution is -0.115. The van der Waals surface area contributed by atoms with Gasteiger partial charge in [0.1, 0.15) is 0 Å². The number of nitrogens with zero attached hydrogens (tertiary/aromatic N) is 3. The number of rotatable bonds is 5. The number of halogens is 1. The highest BCUT2D eigenvalue weighted by Gasteiger charge is 2.25. The third kappa shape index (κ3) is 4.32. The molecule has 2 aromatic rings. The number of nitrogen functional groups attached to an aromatic ring is 1. The van der Waals surface area contributed by atoms with Gasteiger partial charge in [0.15, 0.2) is 5.82 Å². The van der Waals surface area contributed by atoms with Gasteiger partial charge >= 0.3 is 0 Å². The van der Waals surface area contributed by atoms with Crippen LogP contribution < -0.4 is 11.2 Å². The molecule has 0 unspecified atom stereocenters. The number of hydrogen-bond acceptors (Lipinski definition) is 5. The number of hydrogen-bond donors (Lipinski definition) is 2. The van der Waals surface area contributed by atoms with Crippen LogP contribution in [0.1, 0.15) is 56.3 Å². The molecule has 1 fully saturated rings. The minimum absolute atomic E-state index is 0.123. The third-order valence-electron chi connectivity index (χ3n) is 4.77. The molecule has 0 spiro atoms. The fraction of sp³-hybridized carbons (Fsp3) is 0.500. The van der Waals surface area contributed by atoms with E-state index in [9.17, 15) is 4.79 Å². The van der Waals surface area contributed by atoms with Crippen molar-refractivity contribution in [2.75, 3.05) is 11.2 Å². The van der Waals surface area contributed by atoms with Crippen molar-refractivity contribution in [2.24, 2.45) is 0 Å². The van der Waals surface area contributed by atoms with Gasteiger partial charge in [-0.15, -0.1) is 10.2 Å². The summed E-state index contributed by atoms with van der Waals surface area (Å²) in [7, 11) is 0. The summed E-state index contributed by atoms with van der Waals surface area (Å²) in [6.07, 6.45) is 5.89. The van der Waals surface area contributed by atoms with Crippen LogP contribution in [0.15, 0.2) is 23.4 Å². The molecule has 3 rings (SSSR count). The van der Waals surface area contributed by atoms with Crippen molar-refractivity contribution in [1.82, 2.24) is 14.9 Å². The zero-order valence-electron chi connectivity index (χ0n) is 15.0. The van der Waals surface area contributed by atoms with Crippen LogP contribution in [0.25, 0.3) is 0 Å². The van der Waals surface area contributed by atoms with Gasteiger partial charge in [0.2, 0.25) is 11.1 Å². The summed E-state index contributed by atoms with van der Waals surface area (Å²) in [6, 6.07) is 5.43. The molecule has 0 aliphatic heterocycles. The molecule has 0 saturated heterocycles. The quantitative estimate of drug-likeness (QED) is 0.589. The van der Waals surface area contributed by atoms with Crippen molar-refractivity contribution in [2.45, 2.75) is 62.3 Å². The molecule has 0 radical (unpaired) electrons. The van der Waals surface area contributed by atoms with Crippen LogP contribution in [-0.4, -0.2) is 26.0 Å². The predicted molar refractivity (Wildman–Crippen MR) is 106 cm³/mol. The molecule has 26 heavy (non-hydrogen) atoms. The van der Waals surface area contributed by atoms with Gasteiger partial charge in [0.05, 0.1) is 5.25 Å². The Labute approximate surface area is 162 Å². The number of nitrogens with one attached hydrogen (secondary N) is 1. The smallest absolute Gasteiger partial charge is 0.237 e. The first-order valence-electron chi connectivity index (χ1n) is 8.89. The standard InChI is InChI=1S/C18H24ClN5OS/c1-11-8-9-14(19)10-15(11)21-17(25)12(2)26-18-23-22-16(24(18)20)13-6-4-3-5-7-13/h8-10,12-13H,3-7,20H2,1-2H3,(H,21,25)/t12-/m0/s1. The molecule has 8 heteroatoms. The molecule has 1 saturated carbocycles. The average Bonchev–Trinajstić information content (AvgIpc) is 2.99. The summed E-state index contributed by atoms with van der Waals surface area (Å²) in [5, 5.41) is 12.2. The van der Waals surface area contributed by atoms with Gasteiger partial charge < -0.3 is 11.2 Å². The number of carbonyl (C=O) groups excluding carboxylic acids is 1. The lowest BCUT2D eigenvalue weighted by atomic mass is 9.89. The van der Waals surface area contributed by atoms with Crippen LogP contribution in [0.4, 0.5) is 5.69 Å². The van der Waals surface area contributed by atoms with E-state index in [-0.39, 0.29) is 11.2 Å². The third-order valence-corrected chi connectivity index (χ3v) is 6.06. The predicted octanol–water partition coefficient (Wildman–Crippen LogP) is 4.12. The van der Waals surface area contributed by atoms with Crippen LogP contribution >= 0.6 is 23.4 Å². The fourth-order valence-electron chi connectivity index (χ4n) is 3.18. The van der Waals surface area contributed by atoms with E-state index in [1.165, 1.54) is 31.0 Å². The van der Waals surface area contributed by atoms with Crippen molar-refractivity contribution in [3.05, 3.63) is 34.6 Å². The van der Waals surface area contributed by atoms with E-state index in [1.54, 1.807) is 16.8 Å². The lowest BCUT2D eigenvalue weighted by Crippen LogP contribution is -2.24. The summed E-state index contributed by atoms with van der Waals surface area (Å²) in [5.74, 6) is 7.27. The first-order valence-corrected chi connectivity index (χ1v) is 10.2. The maximum absolute atomic E-state index is 12.5. The molecule has 1 aliphatic carbocycles. The zero-order valence-corrected chi connectivity index (χ0v) is 16.6. The molecule has 1 aliphatic rings. The highest BCUT2D eigenvalue weighted by atomic mass is 35.5. The molecule has 3 N–H and O–H groups in total. The van der Waals surface area contributed by atoms with Gasteiger partial charge in [-0.2, -0.15) is 0 Å². The Morgan fingerprint density at radius 1 is 1.35 bits per heavy atom. The normalized spacial score (nSPS) is 16.4. The van der Waals surface area contributed by atoms with Gasteiger partial charge in [0.25, 0.3) is 0 Å². The Bertz CT molecular complexity index is 788. The van der Waals surface area contributed by atoms with E-state index in [4.69, 9.17) is 17.4 Å². The summed E-state index contributed by atoms with van der Waals surface area (Å²) in [4.78, 5) is 12.5. The molecule has 140 valence electrons. The van der Waals surface area contributed by atoms with Crippen LogP contribution in [-0.2, 0) is 4.79 Å². The Kier molecular flexibility index (Phi) is 6.09. The summed E-state index contributed by atoms with van der Waals surface area (Å²) in [6.45, 7) is 3.76. The second-order valence-corrected chi connectivity index (χ2v) is 8.50.